The second kappa shape index (κ2) is 6.11. The highest BCUT2D eigenvalue weighted by Crippen LogP contribution is 2.20. The molecule has 2 heterocycles. The largest absolute Gasteiger partial charge is 0.324 e. The normalized spacial score (nSPS) is 10.9. The monoisotopic (exact) mass is 312 g/mol. The zero-order valence-electron chi connectivity index (χ0n) is 12.3. The summed E-state index contributed by atoms with van der Waals surface area (Å²) in [6, 6.07) is 11.8. The van der Waals surface area contributed by atoms with Gasteiger partial charge in [0, 0.05) is 5.69 Å². The zero-order chi connectivity index (χ0) is 15.5. The molecule has 0 saturated heterocycles. The third-order valence-corrected chi connectivity index (χ3v) is 4.17. The van der Waals surface area contributed by atoms with Crippen LogP contribution in [-0.2, 0) is 0 Å². The number of nitrogens with zero attached hydrogens (tertiary/aromatic N) is 2. The van der Waals surface area contributed by atoms with Gasteiger partial charge in [-0.25, -0.2) is 0 Å². The summed E-state index contributed by atoms with van der Waals surface area (Å²) < 4.78 is 0. The van der Waals surface area contributed by atoms with Gasteiger partial charge >= 0.3 is 0 Å². The number of hydrogen-bond donors (Lipinski definition) is 2. The first kappa shape index (κ1) is 14.5. The number of benzene rings is 1. The highest BCUT2D eigenvalue weighted by atomic mass is 32.1. The van der Waals surface area contributed by atoms with Crippen LogP contribution in [0.15, 0.2) is 46.6 Å². The fourth-order valence-electron chi connectivity index (χ4n) is 2.06. The second-order valence-electron chi connectivity index (χ2n) is 5.23. The van der Waals surface area contributed by atoms with E-state index in [1.807, 2.05) is 29.6 Å². The van der Waals surface area contributed by atoms with E-state index in [1.54, 1.807) is 0 Å². The molecule has 0 bridgehead atoms. The molecule has 2 aromatic heterocycles. The van der Waals surface area contributed by atoms with E-state index in [2.05, 4.69) is 46.5 Å². The van der Waals surface area contributed by atoms with Crippen LogP contribution in [0.1, 0.15) is 25.3 Å². The predicted octanol–water partition coefficient (Wildman–Crippen LogP) is 3.76. The van der Waals surface area contributed by atoms with Crippen LogP contribution in [0, 0.1) is 0 Å². The molecule has 3 aromatic rings. The number of thiophene rings is 1. The van der Waals surface area contributed by atoms with Gasteiger partial charge in [0.1, 0.15) is 0 Å². The fraction of sp³-hybridized carbons (Fsp3) is 0.188. The molecule has 0 saturated carbocycles. The Balaban J connectivity index is 1.81. The van der Waals surface area contributed by atoms with Crippen LogP contribution in [0.2, 0.25) is 0 Å². The number of aromatic amines is 1. The topological polar surface area (TPSA) is 70.7 Å². The number of hydrogen-bond acceptors (Lipinski definition) is 5. The molecule has 22 heavy (non-hydrogen) atoms. The van der Waals surface area contributed by atoms with Crippen molar-refractivity contribution in [3.05, 3.63) is 57.7 Å². The molecule has 0 aliphatic carbocycles. The lowest BCUT2D eigenvalue weighted by Crippen LogP contribution is -2.15. The third-order valence-electron chi connectivity index (χ3n) is 3.29. The van der Waals surface area contributed by atoms with Crippen LogP contribution in [-0.4, -0.2) is 15.2 Å². The molecule has 2 N–H and O–H groups in total. The molecule has 5 nitrogen and oxygen atoms in total. The molecule has 0 spiro atoms. The lowest BCUT2D eigenvalue weighted by atomic mass is 10.0. The molecule has 112 valence electrons. The van der Waals surface area contributed by atoms with Gasteiger partial charge in [0.15, 0.2) is 5.69 Å². The van der Waals surface area contributed by atoms with Crippen LogP contribution >= 0.6 is 11.3 Å². The third kappa shape index (κ3) is 3.07. The Morgan fingerprint density at radius 1 is 1.14 bits per heavy atom. The molecular formula is C16H16N4OS. The summed E-state index contributed by atoms with van der Waals surface area (Å²) in [7, 11) is 0. The second-order valence-corrected chi connectivity index (χ2v) is 6.18. The molecule has 3 rings (SSSR count). The first-order valence-electron chi connectivity index (χ1n) is 7.01. The maximum absolute atomic E-state index is 12.1. The summed E-state index contributed by atoms with van der Waals surface area (Å²) >= 11 is 1.46. The number of anilines is 2. The molecule has 1 aromatic carbocycles. The van der Waals surface area contributed by atoms with E-state index < -0.39 is 0 Å². The number of H-pyrrole nitrogens is 1. The lowest BCUT2D eigenvalue weighted by molar-refractivity contribution is 0.867. The maximum Gasteiger partial charge on any atom is 0.280 e. The molecule has 0 radical (unpaired) electrons. The Hall–Kier alpha value is -2.47. The minimum atomic E-state index is -0.251. The first-order valence-corrected chi connectivity index (χ1v) is 7.89. The molecule has 0 unspecified atom stereocenters. The maximum atomic E-state index is 12.1. The van der Waals surface area contributed by atoms with Crippen molar-refractivity contribution in [1.82, 2.24) is 15.2 Å². The summed E-state index contributed by atoms with van der Waals surface area (Å²) in [6.07, 6.45) is 0. The van der Waals surface area contributed by atoms with Crippen molar-refractivity contribution in [2.75, 3.05) is 5.32 Å². The van der Waals surface area contributed by atoms with Crippen molar-refractivity contribution in [1.29, 1.82) is 0 Å². The summed E-state index contributed by atoms with van der Waals surface area (Å²) in [5, 5.41) is 13.0. The molecular weight excluding hydrogens is 296 g/mol. The average molecular weight is 312 g/mol. The Kier molecular flexibility index (Phi) is 4.02. The van der Waals surface area contributed by atoms with Crippen LogP contribution in [0.4, 0.5) is 11.6 Å². The molecule has 0 atom stereocenters. The van der Waals surface area contributed by atoms with Gasteiger partial charge in [0.2, 0.25) is 5.95 Å². The van der Waals surface area contributed by atoms with Gasteiger partial charge in [0.05, 0.1) is 4.88 Å². The van der Waals surface area contributed by atoms with Gasteiger partial charge in [0.25, 0.3) is 5.56 Å². The van der Waals surface area contributed by atoms with Crippen molar-refractivity contribution in [2.24, 2.45) is 0 Å². The summed E-state index contributed by atoms with van der Waals surface area (Å²) in [5.41, 5.74) is 2.21. The standard InChI is InChI=1S/C16H16N4OS/c1-10(2)11-5-7-12(8-6-11)17-16-18-15(21)14(19-20-16)13-4-3-9-22-13/h3-10H,1-2H3,(H2,17,18,20,21). The Morgan fingerprint density at radius 3 is 2.50 bits per heavy atom. The zero-order valence-corrected chi connectivity index (χ0v) is 13.1. The molecule has 0 amide bonds. The van der Waals surface area contributed by atoms with Crippen LogP contribution in [0.5, 0.6) is 0 Å². The van der Waals surface area contributed by atoms with Gasteiger partial charge in [-0.2, -0.15) is 0 Å². The predicted molar refractivity (Wildman–Crippen MR) is 89.8 cm³/mol. The minimum Gasteiger partial charge on any atom is -0.324 e. The lowest BCUT2D eigenvalue weighted by Gasteiger charge is -2.08. The Bertz CT molecular complexity index is 807. The van der Waals surface area contributed by atoms with E-state index in [0.717, 1.165) is 10.6 Å². The Morgan fingerprint density at radius 2 is 1.91 bits per heavy atom. The average Bonchev–Trinajstić information content (AvgIpc) is 3.02. The quantitative estimate of drug-likeness (QED) is 0.769. The van der Waals surface area contributed by atoms with E-state index in [4.69, 9.17) is 0 Å². The minimum absolute atomic E-state index is 0.251. The van der Waals surface area contributed by atoms with Crippen molar-refractivity contribution in [3.63, 3.8) is 0 Å². The van der Waals surface area contributed by atoms with E-state index in [0.29, 0.717) is 17.6 Å². The smallest absolute Gasteiger partial charge is 0.280 e. The van der Waals surface area contributed by atoms with E-state index >= 15 is 0 Å². The molecule has 0 aliphatic heterocycles. The SMILES string of the molecule is CC(C)c1ccc(Nc2nnc(-c3cccs3)c(=O)[nH]2)cc1. The fourth-order valence-corrected chi connectivity index (χ4v) is 2.76. The van der Waals surface area contributed by atoms with E-state index in [9.17, 15) is 4.79 Å². The van der Waals surface area contributed by atoms with Crippen molar-refractivity contribution in [3.8, 4) is 10.6 Å². The van der Waals surface area contributed by atoms with Gasteiger partial charge in [-0.15, -0.1) is 21.5 Å². The van der Waals surface area contributed by atoms with Gasteiger partial charge in [-0.05, 0) is 35.1 Å². The van der Waals surface area contributed by atoms with E-state index in [-0.39, 0.29) is 5.56 Å². The van der Waals surface area contributed by atoms with Crippen LogP contribution < -0.4 is 10.9 Å². The summed E-state index contributed by atoms with van der Waals surface area (Å²) in [4.78, 5) is 15.6. The van der Waals surface area contributed by atoms with Crippen molar-refractivity contribution >= 4 is 23.0 Å². The number of rotatable bonds is 4. The van der Waals surface area contributed by atoms with E-state index in [1.165, 1.54) is 16.9 Å². The summed E-state index contributed by atoms with van der Waals surface area (Å²) in [6.45, 7) is 4.30. The van der Waals surface area contributed by atoms with Crippen molar-refractivity contribution in [2.45, 2.75) is 19.8 Å². The van der Waals surface area contributed by atoms with Crippen LogP contribution in [0.25, 0.3) is 10.6 Å². The van der Waals surface area contributed by atoms with Gasteiger partial charge in [-0.1, -0.05) is 32.0 Å². The van der Waals surface area contributed by atoms with Crippen molar-refractivity contribution < 1.29 is 0 Å². The summed E-state index contributed by atoms with van der Waals surface area (Å²) in [5.74, 6) is 0.821. The number of nitrogens with one attached hydrogen (secondary N) is 2. The Labute approximate surface area is 132 Å². The van der Waals surface area contributed by atoms with Gasteiger partial charge < -0.3 is 5.32 Å². The first-order chi connectivity index (χ1) is 10.6. The molecule has 0 fully saturated rings. The number of aromatic nitrogens is 3. The molecule has 6 heteroatoms. The molecule has 0 aliphatic rings. The van der Waals surface area contributed by atoms with Crippen LogP contribution in [0.3, 0.4) is 0 Å². The van der Waals surface area contributed by atoms with Gasteiger partial charge in [-0.3, -0.25) is 9.78 Å². The highest BCUT2D eigenvalue weighted by molar-refractivity contribution is 7.13. The highest BCUT2D eigenvalue weighted by Gasteiger charge is 2.08.